The van der Waals surface area contributed by atoms with Crippen molar-refractivity contribution in [1.29, 1.82) is 0 Å². The van der Waals surface area contributed by atoms with Gasteiger partial charge in [-0.15, -0.1) is 24.3 Å². The van der Waals surface area contributed by atoms with Crippen molar-refractivity contribution in [2.45, 2.75) is 0 Å². The fraction of sp³-hybridized carbons (Fsp3) is 0. The van der Waals surface area contributed by atoms with E-state index in [4.69, 9.17) is 0 Å². The largest absolute Gasteiger partial charge is 2.00 e. The summed E-state index contributed by atoms with van der Waals surface area (Å²) in [4.78, 5) is 17.9. The van der Waals surface area contributed by atoms with Crippen LogP contribution < -0.4 is 0 Å². The molecule has 0 aromatic heterocycles. The molecule has 2 aromatic carbocycles. The third kappa shape index (κ3) is 2.27. The zero-order valence-corrected chi connectivity index (χ0v) is 14.0. The number of hydrogen-bond acceptors (Lipinski definition) is 4. The van der Waals surface area contributed by atoms with E-state index in [9.17, 15) is 0 Å². The van der Waals surface area contributed by atoms with Gasteiger partial charge in [0, 0.05) is 12.4 Å². The van der Waals surface area contributed by atoms with Crippen molar-refractivity contribution in [3.8, 4) is 11.1 Å². The molecule has 0 fully saturated rings. The Morgan fingerprint density at radius 2 is 1.04 bits per heavy atom. The summed E-state index contributed by atoms with van der Waals surface area (Å²) in [5.41, 5.74) is 5.09. The fourth-order valence-electron chi connectivity index (χ4n) is 2.61. The van der Waals surface area contributed by atoms with Crippen molar-refractivity contribution in [1.82, 2.24) is 0 Å². The SMILES string of the molecule is [Pt+2].[c-]1c2cccc1-c1[c-]c(ccc1)C1=NC(=C3C=NC2=N3)C=N1. The third-order valence-corrected chi connectivity index (χ3v) is 3.70. The first-order chi connectivity index (χ1) is 10.9. The van der Waals surface area contributed by atoms with Gasteiger partial charge >= 0.3 is 21.1 Å². The Morgan fingerprint density at radius 3 is 1.52 bits per heavy atom. The van der Waals surface area contributed by atoms with Gasteiger partial charge in [0.05, 0.1) is 11.7 Å². The smallest absolute Gasteiger partial charge is 0.273 e. The van der Waals surface area contributed by atoms with Crippen molar-refractivity contribution in [2.75, 3.05) is 0 Å². The third-order valence-electron chi connectivity index (χ3n) is 3.70. The van der Waals surface area contributed by atoms with Gasteiger partial charge in [-0.1, -0.05) is 11.1 Å². The van der Waals surface area contributed by atoms with Crippen molar-refractivity contribution in [2.24, 2.45) is 20.0 Å². The van der Waals surface area contributed by atoms with Gasteiger partial charge in [0.25, 0.3) is 0 Å². The Morgan fingerprint density at radius 1 is 0.609 bits per heavy atom. The fourth-order valence-corrected chi connectivity index (χ4v) is 2.61. The number of rotatable bonds is 0. The average molecular weight is 475 g/mol. The summed E-state index contributed by atoms with van der Waals surface area (Å²) in [6.45, 7) is 0. The predicted octanol–water partition coefficient (Wildman–Crippen LogP) is 2.84. The van der Waals surface area contributed by atoms with Crippen LogP contribution in [0.2, 0.25) is 0 Å². The van der Waals surface area contributed by atoms with E-state index >= 15 is 0 Å². The van der Waals surface area contributed by atoms with Gasteiger partial charge in [0.15, 0.2) is 0 Å². The van der Waals surface area contributed by atoms with E-state index in [0.29, 0.717) is 11.7 Å². The summed E-state index contributed by atoms with van der Waals surface area (Å²) < 4.78 is 0. The zero-order valence-electron chi connectivity index (χ0n) is 11.7. The van der Waals surface area contributed by atoms with E-state index < -0.39 is 0 Å². The van der Waals surface area contributed by atoms with E-state index in [1.54, 1.807) is 12.4 Å². The Hall–Kier alpha value is -2.45. The summed E-state index contributed by atoms with van der Waals surface area (Å²) in [5, 5.41) is 0. The second-order valence-electron chi connectivity index (χ2n) is 5.11. The summed E-state index contributed by atoms with van der Waals surface area (Å²) in [7, 11) is 0. The zero-order chi connectivity index (χ0) is 14.5. The van der Waals surface area contributed by atoms with Crippen molar-refractivity contribution in [3.05, 3.63) is 71.1 Å². The molecule has 0 atom stereocenters. The molecule has 110 valence electrons. The Kier molecular flexibility index (Phi) is 3.28. The van der Waals surface area contributed by atoms with Crippen LogP contribution in [0.1, 0.15) is 11.1 Å². The molecule has 3 aliphatic heterocycles. The second kappa shape index (κ2) is 5.32. The van der Waals surface area contributed by atoms with Crippen molar-refractivity contribution < 1.29 is 21.1 Å². The number of hydrogen-bond donors (Lipinski definition) is 0. The predicted molar refractivity (Wildman–Crippen MR) is 86.6 cm³/mol. The molecular formula is C18H8N4Pt. The standard InChI is InChI=1S/C18H8N4.Pt/c1-3-11-7-13(5-1)17-19-9-15(21-17)16-10-20-18(22-16)14-6-2-4-12(11)8-14;/h1-6,9-10H;/q-2;+2. The van der Waals surface area contributed by atoms with Crippen LogP contribution in [-0.2, 0) is 21.1 Å². The topological polar surface area (TPSA) is 49.4 Å². The Labute approximate surface area is 147 Å². The minimum absolute atomic E-state index is 0. The molecule has 0 radical (unpaired) electrons. The summed E-state index contributed by atoms with van der Waals surface area (Å²) in [6.07, 6.45) is 3.45. The Balaban J connectivity index is 0.00000135. The van der Waals surface area contributed by atoms with E-state index in [1.165, 1.54) is 0 Å². The summed E-state index contributed by atoms with van der Waals surface area (Å²) >= 11 is 0. The number of benzene rings is 2. The van der Waals surface area contributed by atoms with Crippen molar-refractivity contribution in [3.63, 3.8) is 0 Å². The maximum atomic E-state index is 4.55. The molecule has 23 heavy (non-hydrogen) atoms. The van der Waals surface area contributed by atoms with Gasteiger partial charge in [-0.2, -0.15) is 35.4 Å². The van der Waals surface area contributed by atoms with Crippen LogP contribution in [-0.4, -0.2) is 24.1 Å². The van der Waals surface area contributed by atoms with Gasteiger partial charge in [-0.3, -0.25) is 20.0 Å². The molecule has 0 amide bonds. The van der Waals surface area contributed by atoms with E-state index in [-0.39, 0.29) is 21.1 Å². The van der Waals surface area contributed by atoms with Gasteiger partial charge in [-0.05, 0) is 0 Å². The minimum Gasteiger partial charge on any atom is -0.273 e. The molecule has 0 spiro atoms. The second-order valence-corrected chi connectivity index (χ2v) is 5.11. The molecule has 0 saturated carbocycles. The van der Waals surface area contributed by atoms with Crippen LogP contribution in [0.15, 0.2) is 67.8 Å². The van der Waals surface area contributed by atoms with Gasteiger partial charge in [-0.25, -0.2) is 0 Å². The van der Waals surface area contributed by atoms with Crippen LogP contribution >= 0.6 is 0 Å². The molecule has 8 bridgehead atoms. The first-order valence-corrected chi connectivity index (χ1v) is 6.92. The van der Waals surface area contributed by atoms with Crippen LogP contribution in [0.5, 0.6) is 0 Å². The van der Waals surface area contributed by atoms with Crippen LogP contribution in [0, 0.1) is 12.1 Å². The molecule has 0 unspecified atom stereocenters. The van der Waals surface area contributed by atoms with Crippen LogP contribution in [0.3, 0.4) is 0 Å². The maximum Gasteiger partial charge on any atom is 2.00 e. The summed E-state index contributed by atoms with van der Waals surface area (Å²) in [6, 6.07) is 18.6. The number of allylic oxidation sites excluding steroid dienone is 2. The maximum absolute atomic E-state index is 4.55. The van der Waals surface area contributed by atoms with Gasteiger partial charge in [0.1, 0.15) is 11.4 Å². The molecule has 5 heteroatoms. The van der Waals surface area contributed by atoms with Gasteiger partial charge in [0.2, 0.25) is 0 Å². The molecule has 0 aliphatic carbocycles. The molecule has 0 saturated heterocycles. The first-order valence-electron chi connectivity index (χ1n) is 6.92. The Bertz CT molecular complexity index is 901. The molecule has 4 nitrogen and oxygen atoms in total. The average Bonchev–Trinajstić information content (AvgIpc) is 3.24. The number of nitrogens with zero attached hydrogens (tertiary/aromatic N) is 4. The number of aliphatic imine (C=N–C) groups is 4. The van der Waals surface area contributed by atoms with E-state index in [1.807, 2.05) is 36.4 Å². The van der Waals surface area contributed by atoms with E-state index in [2.05, 4.69) is 32.1 Å². The molecule has 0 N–H and O–H groups in total. The molecule has 5 rings (SSSR count). The first kappa shape index (κ1) is 14.2. The summed E-state index contributed by atoms with van der Waals surface area (Å²) in [5.74, 6) is 1.30. The minimum atomic E-state index is 0. The van der Waals surface area contributed by atoms with E-state index in [0.717, 1.165) is 33.6 Å². The van der Waals surface area contributed by atoms with Gasteiger partial charge < -0.3 is 0 Å². The van der Waals surface area contributed by atoms with Crippen LogP contribution in [0.4, 0.5) is 0 Å². The molecule has 3 aliphatic rings. The molecular weight excluding hydrogens is 467 g/mol. The monoisotopic (exact) mass is 475 g/mol. The number of fused-ring (bicyclic) bond motifs is 9. The number of amidine groups is 2. The molecule has 2 aromatic rings. The van der Waals surface area contributed by atoms with Crippen molar-refractivity contribution >= 4 is 24.1 Å². The molecule has 3 heterocycles. The quantitative estimate of drug-likeness (QED) is 0.527. The van der Waals surface area contributed by atoms with Crippen LogP contribution in [0.25, 0.3) is 11.1 Å². The normalized spacial score (nSPS) is 16.3.